The van der Waals surface area contributed by atoms with Gasteiger partial charge in [-0.25, -0.2) is 9.37 Å². The summed E-state index contributed by atoms with van der Waals surface area (Å²) >= 11 is 5.96. The third-order valence-electron chi connectivity index (χ3n) is 9.12. The highest BCUT2D eigenvalue weighted by molar-refractivity contribution is 6.30. The third-order valence-corrected chi connectivity index (χ3v) is 9.36. The summed E-state index contributed by atoms with van der Waals surface area (Å²) in [6.45, 7) is 3.75. The van der Waals surface area contributed by atoms with Gasteiger partial charge in [0.15, 0.2) is 17.3 Å². The fraction of sp³-hybridized carbons (Fsp3) is 0.394. The fourth-order valence-electron chi connectivity index (χ4n) is 6.37. The molecule has 0 spiro atoms. The van der Waals surface area contributed by atoms with Crippen LogP contribution in [0, 0.1) is 22.6 Å². The quantitative estimate of drug-likeness (QED) is 0.206. The number of nitriles is 1. The number of benzene rings is 2. The molecule has 1 saturated carbocycles. The van der Waals surface area contributed by atoms with E-state index in [4.69, 9.17) is 21.1 Å². The van der Waals surface area contributed by atoms with Crippen molar-refractivity contribution < 1.29 is 27.0 Å². The molecule has 0 unspecified atom stereocenters. The lowest BCUT2D eigenvalue weighted by atomic mass is 9.88. The molecule has 3 aliphatic rings. The summed E-state index contributed by atoms with van der Waals surface area (Å²) in [5.74, 6) is -1.74. The zero-order valence-electron chi connectivity index (χ0n) is 24.8. The summed E-state index contributed by atoms with van der Waals surface area (Å²) in [5.41, 5.74) is 2.76. The number of fused-ring (bicyclic) bond motifs is 1. The Bertz CT molecular complexity index is 1840. The monoisotopic (exact) mass is 652 g/mol. The number of nitrogens with one attached hydrogen (secondary N) is 1. The lowest BCUT2D eigenvalue weighted by Gasteiger charge is -2.33. The lowest BCUT2D eigenvalue weighted by Crippen LogP contribution is -2.34. The molecule has 1 atom stereocenters. The second-order valence-electron chi connectivity index (χ2n) is 12.4. The summed E-state index contributed by atoms with van der Waals surface area (Å²) < 4.78 is 66.6. The number of rotatable bonds is 7. The number of H-pyrrole nitrogens is 1. The van der Waals surface area contributed by atoms with Crippen LogP contribution in [-0.4, -0.2) is 38.2 Å². The number of hydrogen-bond donors (Lipinski definition) is 1. The first-order chi connectivity index (χ1) is 22.0. The van der Waals surface area contributed by atoms with E-state index in [1.807, 2.05) is 23.3 Å². The van der Waals surface area contributed by atoms with E-state index in [2.05, 4.69) is 26.0 Å². The zero-order chi connectivity index (χ0) is 32.3. The first-order valence-corrected chi connectivity index (χ1v) is 15.4. The molecule has 13 heteroatoms. The minimum absolute atomic E-state index is 0.0910. The highest BCUT2D eigenvalue weighted by atomic mass is 35.5. The number of hydrogen-bond acceptors (Lipinski definition) is 7. The maximum atomic E-state index is 14.8. The standard InChI is InChI=1S/C33H29ClF4N6O2/c1-31(24-6-5-22(34)14-25(24)35)45-27-4-2-3-23(28(27)46-31)19-7-11-44(12-8-19)17-26-20(15-32(18-39)9-10-32)13-21(16-40-26)29-41-30(43-42-29)33(36,37)38/h2-6,13-14,16,19H,7-12,15,17H2,1H3,(H,41,42,43)/t31-/m0/s1. The van der Waals surface area contributed by atoms with E-state index in [0.717, 1.165) is 55.6 Å². The van der Waals surface area contributed by atoms with E-state index < -0.39 is 29.0 Å². The number of pyridine rings is 1. The van der Waals surface area contributed by atoms with Gasteiger partial charge in [0.05, 0.1) is 22.7 Å². The summed E-state index contributed by atoms with van der Waals surface area (Å²) in [7, 11) is 0. The maximum Gasteiger partial charge on any atom is 0.451 e. The predicted molar refractivity (Wildman–Crippen MR) is 159 cm³/mol. The second kappa shape index (κ2) is 11.2. The van der Waals surface area contributed by atoms with Crippen LogP contribution in [0.15, 0.2) is 48.7 Å². The maximum absolute atomic E-state index is 14.8. The molecular formula is C33H29ClF4N6O2. The van der Waals surface area contributed by atoms with E-state index in [1.165, 1.54) is 12.3 Å². The largest absolute Gasteiger partial charge is 0.451 e. The highest BCUT2D eigenvalue weighted by Gasteiger charge is 2.45. The molecule has 4 aromatic rings. The molecule has 2 aromatic heterocycles. The Labute approximate surface area is 267 Å². The molecular weight excluding hydrogens is 624 g/mol. The van der Waals surface area contributed by atoms with Crippen molar-refractivity contribution in [3.05, 3.63) is 87.7 Å². The molecule has 8 nitrogen and oxygen atoms in total. The highest BCUT2D eigenvalue weighted by Crippen LogP contribution is 2.50. The summed E-state index contributed by atoms with van der Waals surface area (Å²) in [6, 6.07) is 14.3. The topological polar surface area (TPSA) is 100.0 Å². The molecule has 4 heterocycles. The van der Waals surface area contributed by atoms with E-state index in [1.54, 1.807) is 25.1 Å². The number of aromatic amines is 1. The molecule has 0 radical (unpaired) electrons. The predicted octanol–water partition coefficient (Wildman–Crippen LogP) is 7.55. The van der Waals surface area contributed by atoms with Crippen molar-refractivity contribution in [1.82, 2.24) is 25.1 Å². The van der Waals surface area contributed by atoms with Gasteiger partial charge in [-0.3, -0.25) is 15.0 Å². The van der Waals surface area contributed by atoms with Gasteiger partial charge in [0.2, 0.25) is 5.82 Å². The molecule has 0 bridgehead atoms. The Kier molecular flexibility index (Phi) is 7.44. The Morgan fingerprint density at radius 3 is 2.59 bits per heavy atom. The van der Waals surface area contributed by atoms with Crippen LogP contribution in [0.1, 0.15) is 66.7 Å². The van der Waals surface area contributed by atoms with Gasteiger partial charge in [0.25, 0.3) is 5.79 Å². The number of nitrogens with zero attached hydrogens (tertiary/aromatic N) is 5. The molecule has 2 aromatic carbocycles. The number of piperidine rings is 1. The van der Waals surface area contributed by atoms with Crippen LogP contribution in [0.2, 0.25) is 5.02 Å². The van der Waals surface area contributed by atoms with Crippen LogP contribution in [0.3, 0.4) is 0 Å². The van der Waals surface area contributed by atoms with Crippen LogP contribution >= 0.6 is 11.6 Å². The minimum Gasteiger partial charge on any atom is -0.444 e. The Balaban J connectivity index is 1.07. The first kappa shape index (κ1) is 30.4. The lowest BCUT2D eigenvalue weighted by molar-refractivity contribution is -0.144. The Hall–Kier alpha value is -4.21. The van der Waals surface area contributed by atoms with Crippen molar-refractivity contribution in [3.8, 4) is 29.0 Å². The van der Waals surface area contributed by atoms with Gasteiger partial charge in [-0.05, 0) is 87.0 Å². The molecule has 7 rings (SSSR count). The van der Waals surface area contributed by atoms with Crippen molar-refractivity contribution in [2.24, 2.45) is 5.41 Å². The zero-order valence-corrected chi connectivity index (χ0v) is 25.6. The van der Waals surface area contributed by atoms with Crippen LogP contribution in [0.4, 0.5) is 17.6 Å². The van der Waals surface area contributed by atoms with Gasteiger partial charge < -0.3 is 9.47 Å². The minimum atomic E-state index is -4.64. The molecule has 2 aliphatic heterocycles. The van der Waals surface area contributed by atoms with Crippen molar-refractivity contribution >= 4 is 11.6 Å². The first-order valence-electron chi connectivity index (χ1n) is 15.0. The van der Waals surface area contributed by atoms with Gasteiger partial charge in [-0.15, -0.1) is 0 Å². The van der Waals surface area contributed by atoms with Crippen molar-refractivity contribution in [1.29, 1.82) is 5.26 Å². The average Bonchev–Trinajstić information content (AvgIpc) is 3.42. The van der Waals surface area contributed by atoms with E-state index in [-0.39, 0.29) is 22.3 Å². The van der Waals surface area contributed by atoms with E-state index >= 15 is 0 Å². The normalized spacial score (nSPS) is 20.9. The number of halogens is 5. The van der Waals surface area contributed by atoms with E-state index in [9.17, 15) is 22.8 Å². The summed E-state index contributed by atoms with van der Waals surface area (Å²) in [4.78, 5) is 10.6. The van der Waals surface area contributed by atoms with Crippen molar-refractivity contribution in [2.45, 2.75) is 63.5 Å². The Morgan fingerprint density at radius 2 is 1.91 bits per heavy atom. The third kappa shape index (κ3) is 5.78. The van der Waals surface area contributed by atoms with Crippen LogP contribution < -0.4 is 9.47 Å². The van der Waals surface area contributed by atoms with Crippen LogP contribution in [-0.2, 0) is 24.9 Å². The van der Waals surface area contributed by atoms with Crippen LogP contribution in [0.5, 0.6) is 11.5 Å². The second-order valence-corrected chi connectivity index (χ2v) is 12.8. The Morgan fingerprint density at radius 1 is 1.13 bits per heavy atom. The smallest absolute Gasteiger partial charge is 0.444 e. The summed E-state index contributed by atoms with van der Waals surface area (Å²) in [5, 5.41) is 15.8. The fourth-order valence-corrected chi connectivity index (χ4v) is 6.53. The number of alkyl halides is 3. The van der Waals surface area contributed by atoms with E-state index in [0.29, 0.717) is 30.0 Å². The molecule has 2 fully saturated rings. The van der Waals surface area contributed by atoms with Gasteiger partial charge in [-0.1, -0.05) is 23.7 Å². The molecule has 46 heavy (non-hydrogen) atoms. The van der Waals surface area contributed by atoms with Gasteiger partial charge in [0.1, 0.15) is 5.82 Å². The SMILES string of the molecule is C[C@]1(c2ccc(Cl)cc2F)Oc2cccc(C3CCN(Cc4ncc(-c5n[nH]c(C(F)(F)F)n5)cc4CC4(C#N)CC4)CC3)c2O1. The number of para-hydroxylation sites is 1. The average molecular weight is 653 g/mol. The van der Waals surface area contributed by atoms with Gasteiger partial charge in [0, 0.05) is 35.8 Å². The number of likely N-dealkylation sites (tertiary alicyclic amines) is 1. The molecule has 1 aliphatic carbocycles. The van der Waals surface area contributed by atoms with Gasteiger partial charge >= 0.3 is 6.18 Å². The summed E-state index contributed by atoms with van der Waals surface area (Å²) in [6.07, 6.45) is 0.527. The number of aromatic nitrogens is 4. The molecule has 0 amide bonds. The molecule has 238 valence electrons. The van der Waals surface area contributed by atoms with Crippen molar-refractivity contribution in [3.63, 3.8) is 0 Å². The molecule has 1 saturated heterocycles. The van der Waals surface area contributed by atoms with Gasteiger partial charge in [-0.2, -0.15) is 23.5 Å². The molecule has 1 N–H and O–H groups in total. The van der Waals surface area contributed by atoms with Crippen molar-refractivity contribution in [2.75, 3.05) is 13.1 Å². The number of ether oxygens (including phenoxy) is 2. The van der Waals surface area contributed by atoms with Crippen LogP contribution in [0.25, 0.3) is 11.4 Å².